The van der Waals surface area contributed by atoms with Gasteiger partial charge in [-0.25, -0.2) is 9.40 Å². The highest BCUT2D eigenvalue weighted by Gasteiger charge is 2.41. The van der Waals surface area contributed by atoms with Crippen molar-refractivity contribution in [2.45, 2.75) is 18.7 Å². The highest BCUT2D eigenvalue weighted by molar-refractivity contribution is 6.04. The number of hydrazone groups is 1. The summed E-state index contributed by atoms with van der Waals surface area (Å²) in [6.45, 7) is 0. The quantitative estimate of drug-likeness (QED) is 0.608. The lowest BCUT2D eigenvalue weighted by molar-refractivity contribution is -0.0190. The maximum atomic E-state index is 13.5. The third kappa shape index (κ3) is 3.05. The Hall–Kier alpha value is -3.54. The lowest BCUT2D eigenvalue weighted by Gasteiger charge is -2.38. The SMILES string of the molecule is COc1ccc(C2=NN3[C@@H](C2)c2ccccc2O[C@H]3c2ccc(F)cc2)c(OC)c1. The van der Waals surface area contributed by atoms with Gasteiger partial charge in [-0.3, -0.25) is 0 Å². The van der Waals surface area contributed by atoms with Crippen LogP contribution in [0.3, 0.4) is 0 Å². The minimum atomic E-state index is -0.438. The highest BCUT2D eigenvalue weighted by Crippen LogP contribution is 2.48. The van der Waals surface area contributed by atoms with Gasteiger partial charge in [0.15, 0.2) is 0 Å². The first kappa shape index (κ1) is 18.5. The van der Waals surface area contributed by atoms with E-state index in [2.05, 4.69) is 6.07 Å². The van der Waals surface area contributed by atoms with E-state index in [1.807, 2.05) is 41.4 Å². The first-order valence-electron chi connectivity index (χ1n) is 9.77. The van der Waals surface area contributed by atoms with Gasteiger partial charge in [0.05, 0.1) is 26.0 Å². The molecule has 0 radical (unpaired) electrons. The van der Waals surface area contributed by atoms with Crippen molar-refractivity contribution < 1.29 is 18.6 Å². The van der Waals surface area contributed by atoms with Crippen molar-refractivity contribution in [2.75, 3.05) is 14.2 Å². The number of nitrogens with zero attached hydrogens (tertiary/aromatic N) is 2. The van der Waals surface area contributed by atoms with Crippen LogP contribution in [0.15, 0.2) is 71.8 Å². The molecular weight excluding hydrogens is 383 g/mol. The summed E-state index contributed by atoms with van der Waals surface area (Å²) in [6.07, 6.45) is 0.271. The van der Waals surface area contributed by atoms with Crippen molar-refractivity contribution in [3.05, 3.63) is 89.2 Å². The molecular formula is C24H21FN2O3. The van der Waals surface area contributed by atoms with Gasteiger partial charge in [-0.2, -0.15) is 5.10 Å². The molecule has 0 saturated carbocycles. The Bertz CT molecular complexity index is 1110. The molecule has 0 fully saturated rings. The number of methoxy groups -OCH3 is 2. The lowest BCUT2D eigenvalue weighted by atomic mass is 9.95. The fraction of sp³-hybridized carbons (Fsp3) is 0.208. The minimum absolute atomic E-state index is 0.0202. The Labute approximate surface area is 174 Å². The fourth-order valence-corrected chi connectivity index (χ4v) is 4.08. The molecule has 0 unspecified atom stereocenters. The zero-order valence-corrected chi connectivity index (χ0v) is 16.7. The number of fused-ring (bicyclic) bond motifs is 3. The van der Waals surface area contributed by atoms with Crippen LogP contribution in [0.25, 0.3) is 0 Å². The molecule has 0 aromatic heterocycles. The van der Waals surface area contributed by atoms with Gasteiger partial charge in [-0.05, 0) is 30.3 Å². The first-order valence-corrected chi connectivity index (χ1v) is 9.77. The summed E-state index contributed by atoms with van der Waals surface area (Å²) in [4.78, 5) is 0. The van der Waals surface area contributed by atoms with Crippen LogP contribution in [0.4, 0.5) is 4.39 Å². The molecule has 0 aliphatic carbocycles. The molecule has 2 aliphatic rings. The topological polar surface area (TPSA) is 43.3 Å². The second-order valence-corrected chi connectivity index (χ2v) is 7.27. The number of para-hydroxylation sites is 1. The van der Waals surface area contributed by atoms with Crippen molar-refractivity contribution in [1.29, 1.82) is 0 Å². The monoisotopic (exact) mass is 404 g/mol. The zero-order chi connectivity index (χ0) is 20.7. The average Bonchev–Trinajstić information content (AvgIpc) is 3.24. The lowest BCUT2D eigenvalue weighted by Crippen LogP contribution is -2.33. The van der Waals surface area contributed by atoms with Crippen molar-refractivity contribution in [1.82, 2.24) is 5.01 Å². The second-order valence-electron chi connectivity index (χ2n) is 7.27. The number of hydrogen-bond acceptors (Lipinski definition) is 5. The smallest absolute Gasteiger partial charge is 0.213 e. The molecule has 3 aromatic carbocycles. The molecule has 152 valence electrons. The van der Waals surface area contributed by atoms with Gasteiger partial charge in [0, 0.05) is 29.2 Å². The predicted molar refractivity (Wildman–Crippen MR) is 111 cm³/mol. The van der Waals surface area contributed by atoms with Gasteiger partial charge in [0.2, 0.25) is 6.23 Å². The summed E-state index contributed by atoms with van der Waals surface area (Å²) < 4.78 is 30.7. The highest BCUT2D eigenvalue weighted by atomic mass is 19.1. The van der Waals surface area contributed by atoms with Crippen LogP contribution in [-0.2, 0) is 0 Å². The molecule has 0 spiro atoms. The molecule has 5 nitrogen and oxygen atoms in total. The third-order valence-corrected chi connectivity index (χ3v) is 5.57. The number of rotatable bonds is 4. The van der Waals surface area contributed by atoms with Gasteiger partial charge in [-0.15, -0.1) is 0 Å². The van der Waals surface area contributed by atoms with E-state index in [1.54, 1.807) is 26.4 Å². The van der Waals surface area contributed by atoms with Crippen molar-refractivity contribution in [2.24, 2.45) is 5.10 Å². The third-order valence-electron chi connectivity index (χ3n) is 5.57. The van der Waals surface area contributed by atoms with Crippen LogP contribution in [0.5, 0.6) is 17.2 Å². The van der Waals surface area contributed by atoms with E-state index in [0.717, 1.165) is 33.9 Å². The number of halogens is 1. The molecule has 2 heterocycles. The first-order chi connectivity index (χ1) is 14.7. The average molecular weight is 404 g/mol. The minimum Gasteiger partial charge on any atom is -0.497 e. The summed E-state index contributed by atoms with van der Waals surface area (Å²) in [6, 6.07) is 20.1. The van der Waals surface area contributed by atoms with E-state index in [9.17, 15) is 4.39 Å². The summed E-state index contributed by atoms with van der Waals surface area (Å²) >= 11 is 0. The Morgan fingerprint density at radius 2 is 1.80 bits per heavy atom. The molecule has 6 heteroatoms. The molecule has 30 heavy (non-hydrogen) atoms. The molecule has 3 aromatic rings. The van der Waals surface area contributed by atoms with E-state index in [0.29, 0.717) is 12.2 Å². The van der Waals surface area contributed by atoms with E-state index >= 15 is 0 Å². The zero-order valence-electron chi connectivity index (χ0n) is 16.7. The Morgan fingerprint density at radius 3 is 2.57 bits per heavy atom. The Morgan fingerprint density at radius 1 is 1.00 bits per heavy atom. The van der Waals surface area contributed by atoms with Crippen LogP contribution in [0.2, 0.25) is 0 Å². The van der Waals surface area contributed by atoms with E-state index in [-0.39, 0.29) is 11.9 Å². The van der Waals surface area contributed by atoms with E-state index < -0.39 is 6.23 Å². The number of hydrogen-bond donors (Lipinski definition) is 0. The van der Waals surface area contributed by atoms with Gasteiger partial charge in [0.25, 0.3) is 0 Å². The molecule has 0 bridgehead atoms. The van der Waals surface area contributed by atoms with Crippen LogP contribution < -0.4 is 14.2 Å². The van der Waals surface area contributed by atoms with Gasteiger partial charge in [0.1, 0.15) is 23.1 Å². The normalized spacial score (nSPS) is 19.4. The number of benzene rings is 3. The predicted octanol–water partition coefficient (Wildman–Crippen LogP) is 5.09. The van der Waals surface area contributed by atoms with Gasteiger partial charge >= 0.3 is 0 Å². The second kappa shape index (κ2) is 7.37. The molecule has 0 amide bonds. The van der Waals surface area contributed by atoms with Crippen LogP contribution in [0, 0.1) is 5.82 Å². The summed E-state index contributed by atoms with van der Waals surface area (Å²) in [7, 11) is 3.27. The maximum Gasteiger partial charge on any atom is 0.213 e. The van der Waals surface area contributed by atoms with Gasteiger partial charge in [-0.1, -0.05) is 30.3 Å². The summed E-state index contributed by atoms with van der Waals surface area (Å²) in [5, 5.41) is 6.90. The largest absolute Gasteiger partial charge is 0.497 e. The molecule has 2 atom stereocenters. The molecule has 5 rings (SSSR count). The van der Waals surface area contributed by atoms with Crippen molar-refractivity contribution in [3.63, 3.8) is 0 Å². The van der Waals surface area contributed by atoms with Crippen LogP contribution >= 0.6 is 0 Å². The van der Waals surface area contributed by atoms with E-state index in [1.165, 1.54) is 12.1 Å². The van der Waals surface area contributed by atoms with Crippen LogP contribution in [0.1, 0.15) is 35.4 Å². The summed E-state index contributed by atoms with van der Waals surface area (Å²) in [5.74, 6) is 1.98. The Balaban J connectivity index is 1.59. The van der Waals surface area contributed by atoms with E-state index in [4.69, 9.17) is 19.3 Å². The Kier molecular flexibility index (Phi) is 4.54. The van der Waals surface area contributed by atoms with Gasteiger partial charge < -0.3 is 14.2 Å². The molecule has 2 aliphatic heterocycles. The van der Waals surface area contributed by atoms with Crippen molar-refractivity contribution >= 4 is 5.71 Å². The molecule has 0 saturated heterocycles. The summed E-state index contributed by atoms with van der Waals surface area (Å²) in [5.41, 5.74) is 3.76. The number of ether oxygens (including phenoxy) is 3. The fourth-order valence-electron chi connectivity index (χ4n) is 4.08. The molecule has 0 N–H and O–H groups in total. The van der Waals surface area contributed by atoms with Crippen molar-refractivity contribution in [3.8, 4) is 17.2 Å². The van der Waals surface area contributed by atoms with Crippen LogP contribution in [-0.4, -0.2) is 24.9 Å². The maximum absolute atomic E-state index is 13.5. The standard InChI is InChI=1S/C24H21FN2O3/c1-28-17-11-12-18(23(13-17)29-2)20-14-21-19-5-3-4-6-22(19)30-24(27(21)26-20)15-7-9-16(25)10-8-15/h3-13,21,24H,14H2,1-2H3/t21-,24-/m0/s1.